The number of aromatic nitrogens is 2. The quantitative estimate of drug-likeness (QED) is 0.794. The van der Waals surface area contributed by atoms with Crippen molar-refractivity contribution in [2.24, 2.45) is 23.7 Å². The zero-order valence-electron chi connectivity index (χ0n) is 14.1. The number of H-pyrrole nitrogens is 1. The lowest BCUT2D eigenvalue weighted by atomic mass is 9.53. The monoisotopic (exact) mass is 330 g/mol. The molecule has 24 heavy (non-hydrogen) atoms. The average molecular weight is 330 g/mol. The van der Waals surface area contributed by atoms with Crippen LogP contribution in [-0.4, -0.2) is 21.5 Å². The van der Waals surface area contributed by atoms with E-state index in [1.165, 1.54) is 32.1 Å². The molecule has 1 aromatic heterocycles. The lowest BCUT2D eigenvalue weighted by Gasteiger charge is -2.57. The molecule has 0 amide bonds. The molecular weight excluding hydrogens is 304 g/mol. The highest BCUT2D eigenvalue weighted by Crippen LogP contribution is 2.64. The molecule has 4 bridgehead atoms. The van der Waals surface area contributed by atoms with Gasteiger partial charge < -0.3 is 9.72 Å². The molecule has 5 saturated carbocycles. The molecule has 5 heteroatoms. The van der Waals surface area contributed by atoms with Crippen molar-refractivity contribution < 1.29 is 14.5 Å². The molecule has 5 aliphatic carbocycles. The second kappa shape index (κ2) is 4.83. The van der Waals surface area contributed by atoms with Crippen molar-refractivity contribution in [2.45, 2.75) is 75.3 Å². The predicted octanol–water partition coefficient (Wildman–Crippen LogP) is 3.89. The smallest absolute Gasteiger partial charge is 0.210 e. The Kier molecular flexibility index (Phi) is 2.88. The lowest BCUT2D eigenvalue weighted by Crippen LogP contribution is -2.59. The van der Waals surface area contributed by atoms with E-state index in [0.29, 0.717) is 17.8 Å². The van der Waals surface area contributed by atoms with Gasteiger partial charge in [-0.2, -0.15) is 9.78 Å². The summed E-state index contributed by atoms with van der Waals surface area (Å²) in [4.78, 5) is 19.8. The molecule has 6 fully saturated rings. The van der Waals surface area contributed by atoms with Crippen LogP contribution in [0.3, 0.4) is 0 Å². The molecule has 0 atom stereocenters. The van der Waals surface area contributed by atoms with Gasteiger partial charge >= 0.3 is 0 Å². The highest BCUT2D eigenvalue weighted by atomic mass is 17.3. The maximum Gasteiger partial charge on any atom is 0.210 e. The minimum absolute atomic E-state index is 0.426. The van der Waals surface area contributed by atoms with Gasteiger partial charge in [-0.05, 0) is 56.8 Å². The number of hydrogen-bond acceptors (Lipinski definition) is 4. The summed E-state index contributed by atoms with van der Waals surface area (Å²) in [5.41, 5.74) is 0. The van der Waals surface area contributed by atoms with Gasteiger partial charge in [0.2, 0.25) is 11.6 Å². The molecular formula is C19H26N2O3. The van der Waals surface area contributed by atoms with Gasteiger partial charge in [-0.25, -0.2) is 4.98 Å². The molecule has 5 nitrogen and oxygen atoms in total. The van der Waals surface area contributed by atoms with E-state index in [4.69, 9.17) is 14.5 Å². The molecule has 1 aromatic rings. The van der Waals surface area contributed by atoms with E-state index in [0.717, 1.165) is 43.3 Å². The number of nitrogens with zero attached hydrogens (tertiary/aromatic N) is 1. The fraction of sp³-hybridized carbons (Fsp3) is 0.842. The number of rotatable bonds is 1. The van der Waals surface area contributed by atoms with Crippen molar-refractivity contribution in [1.29, 1.82) is 0 Å². The number of ether oxygens (including phenoxy) is 1. The number of aromatic amines is 1. The third kappa shape index (κ3) is 1.89. The van der Waals surface area contributed by atoms with E-state index in [1.54, 1.807) is 0 Å². The van der Waals surface area contributed by atoms with Crippen LogP contribution in [0.2, 0.25) is 0 Å². The highest BCUT2D eigenvalue weighted by Gasteiger charge is 2.66. The van der Waals surface area contributed by atoms with Crippen LogP contribution in [0.1, 0.15) is 69.5 Å². The van der Waals surface area contributed by atoms with Crippen LogP contribution in [0.25, 0.3) is 0 Å². The second-order valence-electron chi connectivity index (χ2n) is 8.95. The van der Waals surface area contributed by atoms with Crippen molar-refractivity contribution in [3.05, 3.63) is 18.2 Å². The molecule has 1 N–H and O–H groups in total. The van der Waals surface area contributed by atoms with Crippen LogP contribution in [0.15, 0.2) is 12.4 Å². The third-order valence-corrected chi connectivity index (χ3v) is 7.60. The maximum atomic E-state index is 6.74. The molecule has 0 unspecified atom stereocenters. The summed E-state index contributed by atoms with van der Waals surface area (Å²) in [6.45, 7) is 0. The van der Waals surface area contributed by atoms with Gasteiger partial charge in [-0.1, -0.05) is 0 Å². The molecule has 1 aliphatic heterocycles. The molecule has 130 valence electrons. The highest BCUT2D eigenvalue weighted by molar-refractivity contribution is 5.07. The van der Waals surface area contributed by atoms with Crippen LogP contribution in [0.4, 0.5) is 0 Å². The molecule has 0 radical (unpaired) electrons. The molecule has 2 spiro atoms. The Morgan fingerprint density at radius 3 is 2.29 bits per heavy atom. The fourth-order valence-electron chi connectivity index (χ4n) is 6.63. The molecule has 2 heterocycles. The summed E-state index contributed by atoms with van der Waals surface area (Å²) in [6.07, 6.45) is 14.2. The number of hydrogen-bond donors (Lipinski definition) is 1. The summed E-state index contributed by atoms with van der Waals surface area (Å²) >= 11 is 0. The van der Waals surface area contributed by atoms with E-state index < -0.39 is 11.6 Å². The number of nitrogens with one attached hydrogen (secondary N) is 1. The molecule has 0 aromatic carbocycles. The first kappa shape index (κ1) is 14.3. The van der Waals surface area contributed by atoms with Crippen molar-refractivity contribution in [2.75, 3.05) is 0 Å². The Morgan fingerprint density at radius 1 is 0.958 bits per heavy atom. The summed E-state index contributed by atoms with van der Waals surface area (Å²) in [7, 11) is 0. The first-order valence-electron chi connectivity index (χ1n) is 9.81. The standard InChI is InChI=1S/C19H26N2O3/c1-3-18(4-2-14(1)17-20-5-6-21-17)22-19(24-23-18)15-8-12-7-13(10-15)11-16(19)9-12/h5-6,12-16H,1-4,7-11H2,(H,20,21). The average Bonchev–Trinajstić information content (AvgIpc) is 3.23. The van der Waals surface area contributed by atoms with Crippen molar-refractivity contribution in [3.8, 4) is 0 Å². The summed E-state index contributed by atoms with van der Waals surface area (Å²) in [5, 5.41) is 0. The van der Waals surface area contributed by atoms with Crippen molar-refractivity contribution in [1.82, 2.24) is 9.97 Å². The zero-order chi connectivity index (χ0) is 15.8. The Bertz CT molecular complexity index is 593. The minimum Gasteiger partial charge on any atom is -0.348 e. The fourth-order valence-corrected chi connectivity index (χ4v) is 6.63. The van der Waals surface area contributed by atoms with Crippen molar-refractivity contribution in [3.63, 3.8) is 0 Å². The van der Waals surface area contributed by atoms with Gasteiger partial charge in [0.1, 0.15) is 5.82 Å². The van der Waals surface area contributed by atoms with Crippen LogP contribution in [0, 0.1) is 23.7 Å². The summed E-state index contributed by atoms with van der Waals surface area (Å²) in [6, 6.07) is 0. The SMILES string of the molecule is c1c[nH]c(C2CCC3(CC2)OOC2(O3)C3CC4CC(C3)CC2C4)n1. The second-order valence-corrected chi connectivity index (χ2v) is 8.95. The van der Waals surface area contributed by atoms with Gasteiger partial charge in [-0.15, -0.1) is 0 Å². The van der Waals surface area contributed by atoms with E-state index >= 15 is 0 Å². The van der Waals surface area contributed by atoms with E-state index in [1.807, 2.05) is 12.4 Å². The zero-order valence-corrected chi connectivity index (χ0v) is 14.1. The molecule has 7 rings (SSSR count). The Labute approximate surface area is 142 Å². The van der Waals surface area contributed by atoms with Gasteiger partial charge in [0.25, 0.3) is 0 Å². The summed E-state index contributed by atoms with van der Waals surface area (Å²) in [5.74, 6) is 3.60. The van der Waals surface area contributed by atoms with Gasteiger partial charge in [-0.3, -0.25) is 0 Å². The topological polar surface area (TPSA) is 56.4 Å². The first-order valence-corrected chi connectivity index (χ1v) is 9.81. The maximum absolute atomic E-state index is 6.74. The van der Waals surface area contributed by atoms with Crippen LogP contribution >= 0.6 is 0 Å². The van der Waals surface area contributed by atoms with Crippen LogP contribution < -0.4 is 0 Å². The van der Waals surface area contributed by atoms with E-state index in [-0.39, 0.29) is 0 Å². The normalized spacial score (nSPS) is 52.6. The van der Waals surface area contributed by atoms with Crippen molar-refractivity contribution >= 4 is 0 Å². The van der Waals surface area contributed by atoms with E-state index in [9.17, 15) is 0 Å². The Morgan fingerprint density at radius 2 is 1.67 bits per heavy atom. The molecule has 1 saturated heterocycles. The minimum atomic E-state index is -0.502. The predicted molar refractivity (Wildman–Crippen MR) is 85.6 cm³/mol. The Hall–Kier alpha value is -0.910. The van der Waals surface area contributed by atoms with Crippen LogP contribution in [-0.2, 0) is 14.5 Å². The van der Waals surface area contributed by atoms with Gasteiger partial charge in [0.05, 0.1) is 0 Å². The third-order valence-electron chi connectivity index (χ3n) is 7.60. The summed E-state index contributed by atoms with van der Waals surface area (Å²) < 4.78 is 6.74. The Balaban J connectivity index is 1.21. The van der Waals surface area contributed by atoms with Gasteiger partial charge in [0, 0.05) is 43.0 Å². The van der Waals surface area contributed by atoms with E-state index in [2.05, 4.69) is 9.97 Å². The molecule has 6 aliphatic rings. The largest absolute Gasteiger partial charge is 0.348 e. The van der Waals surface area contributed by atoms with Crippen LogP contribution in [0.5, 0.6) is 0 Å². The number of imidazole rings is 1. The van der Waals surface area contributed by atoms with Gasteiger partial charge in [0.15, 0.2) is 0 Å². The lowest BCUT2D eigenvalue weighted by molar-refractivity contribution is -0.390. The first-order chi connectivity index (χ1) is 11.7.